The van der Waals surface area contributed by atoms with Crippen LogP contribution in [-0.4, -0.2) is 15.5 Å². The van der Waals surface area contributed by atoms with Crippen molar-refractivity contribution in [1.82, 2.24) is 9.55 Å². The SMILES string of the molecule is Cc1cccc(NC(=O)Cn2cnc3scc(-c4ccc(-c5ccccc5)cc4)c3c2=O)c1C. The summed E-state index contributed by atoms with van der Waals surface area (Å²) < 4.78 is 1.37. The van der Waals surface area contributed by atoms with E-state index in [2.05, 4.69) is 34.6 Å². The van der Waals surface area contributed by atoms with Gasteiger partial charge in [0.2, 0.25) is 5.91 Å². The van der Waals surface area contributed by atoms with Crippen molar-refractivity contribution in [1.29, 1.82) is 0 Å². The number of aromatic nitrogens is 2. The molecule has 6 heteroatoms. The molecule has 0 unspecified atom stereocenters. The predicted octanol–water partition coefficient (Wildman–Crippen LogP) is 6.05. The van der Waals surface area contributed by atoms with Gasteiger partial charge in [-0.15, -0.1) is 11.3 Å². The molecule has 5 aromatic rings. The van der Waals surface area contributed by atoms with Gasteiger partial charge in [0.25, 0.3) is 5.56 Å². The van der Waals surface area contributed by atoms with E-state index in [0.29, 0.717) is 10.2 Å². The zero-order valence-corrected chi connectivity index (χ0v) is 19.7. The monoisotopic (exact) mass is 465 g/mol. The number of hydrogen-bond acceptors (Lipinski definition) is 4. The van der Waals surface area contributed by atoms with Gasteiger partial charge in [0.1, 0.15) is 11.4 Å². The van der Waals surface area contributed by atoms with Crippen molar-refractivity contribution >= 4 is 33.1 Å². The summed E-state index contributed by atoms with van der Waals surface area (Å²) in [7, 11) is 0. The Labute approximate surface area is 201 Å². The molecule has 0 saturated heterocycles. The highest BCUT2D eigenvalue weighted by Crippen LogP contribution is 2.32. The van der Waals surface area contributed by atoms with Crippen molar-refractivity contribution in [2.24, 2.45) is 0 Å². The van der Waals surface area contributed by atoms with Crippen LogP contribution in [0.15, 0.2) is 89.3 Å². The summed E-state index contributed by atoms with van der Waals surface area (Å²) in [5.41, 5.74) is 6.68. The highest BCUT2D eigenvalue weighted by Gasteiger charge is 2.15. The number of rotatable bonds is 5. The lowest BCUT2D eigenvalue weighted by Gasteiger charge is -2.11. The fourth-order valence-electron chi connectivity index (χ4n) is 4.00. The molecule has 0 aliphatic carbocycles. The minimum absolute atomic E-state index is 0.0998. The molecule has 5 nitrogen and oxygen atoms in total. The number of benzene rings is 3. The van der Waals surface area contributed by atoms with Crippen LogP contribution in [0.1, 0.15) is 11.1 Å². The van der Waals surface area contributed by atoms with Gasteiger partial charge in [-0.05, 0) is 47.7 Å². The number of amides is 1. The summed E-state index contributed by atoms with van der Waals surface area (Å²) in [5, 5.41) is 5.41. The second kappa shape index (κ2) is 9.08. The third kappa shape index (κ3) is 4.16. The van der Waals surface area contributed by atoms with Crippen molar-refractivity contribution in [2.45, 2.75) is 20.4 Å². The van der Waals surface area contributed by atoms with Gasteiger partial charge in [-0.25, -0.2) is 4.98 Å². The summed E-state index contributed by atoms with van der Waals surface area (Å²) in [5.74, 6) is -0.263. The number of anilines is 1. The van der Waals surface area contributed by atoms with Gasteiger partial charge in [-0.3, -0.25) is 14.2 Å². The Morgan fingerprint density at radius 3 is 2.38 bits per heavy atom. The first-order chi connectivity index (χ1) is 16.5. The molecule has 0 saturated carbocycles. The van der Waals surface area contributed by atoms with Crippen molar-refractivity contribution in [3.8, 4) is 22.3 Å². The van der Waals surface area contributed by atoms with E-state index in [4.69, 9.17) is 0 Å². The maximum atomic E-state index is 13.3. The minimum atomic E-state index is -0.263. The normalized spacial score (nSPS) is 11.0. The zero-order valence-electron chi connectivity index (χ0n) is 18.9. The smallest absolute Gasteiger partial charge is 0.263 e. The van der Waals surface area contributed by atoms with Crippen LogP contribution in [0.3, 0.4) is 0 Å². The Hall–Kier alpha value is -4.03. The molecule has 1 N–H and O–H groups in total. The zero-order chi connectivity index (χ0) is 23.7. The molecular formula is C28H23N3O2S. The van der Waals surface area contributed by atoms with Gasteiger partial charge in [0, 0.05) is 16.6 Å². The van der Waals surface area contributed by atoms with Gasteiger partial charge in [0.05, 0.1) is 11.7 Å². The number of hydrogen-bond donors (Lipinski definition) is 1. The molecule has 168 valence electrons. The molecule has 0 radical (unpaired) electrons. The number of carbonyl (C=O) groups excluding carboxylic acids is 1. The van der Waals surface area contributed by atoms with Crippen molar-refractivity contribution in [3.05, 3.63) is 106 Å². The Morgan fingerprint density at radius 2 is 1.62 bits per heavy atom. The molecular weight excluding hydrogens is 442 g/mol. The van der Waals surface area contributed by atoms with Crippen LogP contribution in [0.2, 0.25) is 0 Å². The van der Waals surface area contributed by atoms with E-state index < -0.39 is 0 Å². The maximum absolute atomic E-state index is 13.3. The Morgan fingerprint density at radius 1 is 0.912 bits per heavy atom. The number of nitrogens with zero attached hydrogens (tertiary/aromatic N) is 2. The summed E-state index contributed by atoms with van der Waals surface area (Å²) in [6.07, 6.45) is 1.45. The van der Waals surface area contributed by atoms with Crippen LogP contribution in [0, 0.1) is 13.8 Å². The van der Waals surface area contributed by atoms with Crippen LogP contribution < -0.4 is 10.9 Å². The molecule has 0 spiro atoms. The van der Waals surface area contributed by atoms with Gasteiger partial charge in [-0.2, -0.15) is 0 Å². The maximum Gasteiger partial charge on any atom is 0.263 e. The summed E-state index contributed by atoms with van der Waals surface area (Å²) in [4.78, 5) is 31.1. The summed E-state index contributed by atoms with van der Waals surface area (Å²) >= 11 is 1.43. The molecule has 5 rings (SSSR count). The van der Waals surface area contributed by atoms with E-state index >= 15 is 0 Å². The molecule has 2 heterocycles. The molecule has 0 aliphatic heterocycles. The lowest BCUT2D eigenvalue weighted by atomic mass is 10.0. The lowest BCUT2D eigenvalue weighted by Crippen LogP contribution is -2.28. The van der Waals surface area contributed by atoms with Crippen molar-refractivity contribution in [2.75, 3.05) is 5.32 Å². The van der Waals surface area contributed by atoms with Crippen molar-refractivity contribution < 1.29 is 4.79 Å². The molecule has 34 heavy (non-hydrogen) atoms. The first-order valence-corrected chi connectivity index (χ1v) is 11.9. The Kier molecular flexibility index (Phi) is 5.82. The fourth-order valence-corrected chi connectivity index (χ4v) is 4.90. The van der Waals surface area contributed by atoms with E-state index in [9.17, 15) is 9.59 Å². The molecule has 0 fully saturated rings. The number of fused-ring (bicyclic) bond motifs is 1. The van der Waals surface area contributed by atoms with Gasteiger partial charge >= 0.3 is 0 Å². The molecule has 0 atom stereocenters. The average Bonchev–Trinajstić information content (AvgIpc) is 3.29. The molecule has 3 aromatic carbocycles. The third-order valence-corrected chi connectivity index (χ3v) is 6.94. The van der Waals surface area contributed by atoms with Gasteiger partial charge in [0.15, 0.2) is 0 Å². The fraction of sp³-hybridized carbons (Fsp3) is 0.107. The molecule has 0 bridgehead atoms. The van der Waals surface area contributed by atoms with E-state index in [1.165, 1.54) is 22.2 Å². The number of nitrogens with one attached hydrogen (secondary N) is 1. The predicted molar refractivity (Wildman–Crippen MR) is 139 cm³/mol. The van der Waals surface area contributed by atoms with E-state index in [0.717, 1.165) is 39.1 Å². The summed E-state index contributed by atoms with van der Waals surface area (Å²) in [6, 6.07) is 24.1. The largest absolute Gasteiger partial charge is 0.324 e. The molecule has 0 aliphatic rings. The Balaban J connectivity index is 1.44. The highest BCUT2D eigenvalue weighted by atomic mass is 32.1. The van der Waals surface area contributed by atoms with E-state index in [1.807, 2.05) is 67.8 Å². The minimum Gasteiger partial charge on any atom is -0.324 e. The number of aryl methyl sites for hydroxylation is 1. The second-order valence-corrected chi connectivity index (χ2v) is 9.10. The van der Waals surface area contributed by atoms with E-state index in [1.54, 1.807) is 0 Å². The van der Waals surface area contributed by atoms with Crippen LogP contribution >= 0.6 is 11.3 Å². The Bertz CT molecular complexity index is 1550. The van der Waals surface area contributed by atoms with E-state index in [-0.39, 0.29) is 18.0 Å². The first kappa shape index (κ1) is 21.8. The van der Waals surface area contributed by atoms with Crippen LogP contribution in [0.4, 0.5) is 5.69 Å². The third-order valence-electron chi connectivity index (χ3n) is 6.06. The van der Waals surface area contributed by atoms with Crippen LogP contribution in [0.5, 0.6) is 0 Å². The quantitative estimate of drug-likeness (QED) is 0.344. The van der Waals surface area contributed by atoms with Gasteiger partial charge in [-0.1, -0.05) is 66.7 Å². The number of thiophene rings is 1. The second-order valence-electron chi connectivity index (χ2n) is 8.25. The first-order valence-electron chi connectivity index (χ1n) is 11.0. The standard InChI is InChI=1S/C28H23N3O2S/c1-18-7-6-10-24(19(18)2)30-25(32)15-31-17-29-27-26(28(31)33)23(16-34-27)22-13-11-21(12-14-22)20-8-4-3-5-9-20/h3-14,16-17H,15H2,1-2H3,(H,30,32). The summed E-state index contributed by atoms with van der Waals surface area (Å²) in [6.45, 7) is 3.86. The van der Waals surface area contributed by atoms with Gasteiger partial charge < -0.3 is 5.32 Å². The topological polar surface area (TPSA) is 64.0 Å². The number of carbonyl (C=O) groups is 1. The van der Waals surface area contributed by atoms with Crippen LogP contribution in [0.25, 0.3) is 32.5 Å². The van der Waals surface area contributed by atoms with Crippen LogP contribution in [-0.2, 0) is 11.3 Å². The molecule has 1 amide bonds. The highest BCUT2D eigenvalue weighted by molar-refractivity contribution is 7.17. The lowest BCUT2D eigenvalue weighted by molar-refractivity contribution is -0.116. The average molecular weight is 466 g/mol. The van der Waals surface area contributed by atoms with Crippen molar-refractivity contribution in [3.63, 3.8) is 0 Å². The molecule has 2 aromatic heterocycles.